The standard InChI is InChI=1S/C20H27ClN2O3/c1-13(24)23-16(11-20(2)17(23)5-3-4-6-18(20)25)12-22-19(26)14-7-9-15(21)10-8-14/h7-10,16-18,25H,3-6,11-12H2,1-2H3,(H,22,26)/t16-,17-,18+,20-/m1/s1. The number of hydrogen-bond donors (Lipinski definition) is 2. The molecule has 1 heterocycles. The van der Waals surface area contributed by atoms with Gasteiger partial charge in [-0.25, -0.2) is 0 Å². The molecule has 1 saturated heterocycles. The van der Waals surface area contributed by atoms with Gasteiger partial charge in [0.2, 0.25) is 5.91 Å². The Labute approximate surface area is 159 Å². The zero-order valence-electron chi connectivity index (χ0n) is 15.4. The first kappa shape index (κ1) is 19.2. The summed E-state index contributed by atoms with van der Waals surface area (Å²) >= 11 is 5.86. The minimum atomic E-state index is -0.409. The summed E-state index contributed by atoms with van der Waals surface area (Å²) in [6.07, 6.45) is 4.01. The fourth-order valence-corrected chi connectivity index (χ4v) is 4.83. The molecule has 0 bridgehead atoms. The van der Waals surface area contributed by atoms with Crippen molar-refractivity contribution in [2.45, 2.75) is 64.1 Å². The minimum Gasteiger partial charge on any atom is -0.392 e. The SMILES string of the molecule is CC(=O)N1[C@@H](CNC(=O)c2ccc(Cl)cc2)C[C@@]2(C)[C@@H](O)CCCC[C@@H]12. The number of carbonyl (C=O) groups is 2. The lowest BCUT2D eigenvalue weighted by molar-refractivity contribution is -0.133. The molecular weight excluding hydrogens is 352 g/mol. The molecule has 4 atom stereocenters. The molecule has 2 amide bonds. The molecule has 1 aliphatic heterocycles. The van der Waals surface area contributed by atoms with Crippen molar-refractivity contribution >= 4 is 23.4 Å². The number of halogens is 1. The van der Waals surface area contributed by atoms with Crippen LogP contribution in [0, 0.1) is 5.41 Å². The first-order valence-corrected chi connectivity index (χ1v) is 9.71. The van der Waals surface area contributed by atoms with Gasteiger partial charge in [-0.15, -0.1) is 0 Å². The number of benzene rings is 1. The largest absolute Gasteiger partial charge is 0.392 e. The minimum absolute atomic E-state index is 0.0126. The van der Waals surface area contributed by atoms with Gasteiger partial charge in [0.15, 0.2) is 0 Å². The molecule has 0 unspecified atom stereocenters. The molecule has 2 N–H and O–H groups in total. The summed E-state index contributed by atoms with van der Waals surface area (Å²) in [6.45, 7) is 4.06. The van der Waals surface area contributed by atoms with Gasteiger partial charge in [-0.2, -0.15) is 0 Å². The van der Waals surface area contributed by atoms with Crippen LogP contribution in [-0.4, -0.2) is 46.6 Å². The van der Waals surface area contributed by atoms with Crippen molar-refractivity contribution in [2.75, 3.05) is 6.54 Å². The summed E-state index contributed by atoms with van der Waals surface area (Å²) in [5.41, 5.74) is 0.236. The Balaban J connectivity index is 1.73. The van der Waals surface area contributed by atoms with Crippen LogP contribution in [0.25, 0.3) is 0 Å². The predicted octanol–water partition coefficient (Wildman–Crippen LogP) is 3.00. The number of hydrogen-bond acceptors (Lipinski definition) is 3. The van der Waals surface area contributed by atoms with Crippen molar-refractivity contribution in [3.8, 4) is 0 Å². The van der Waals surface area contributed by atoms with Gasteiger partial charge in [0.05, 0.1) is 12.1 Å². The van der Waals surface area contributed by atoms with E-state index in [4.69, 9.17) is 11.6 Å². The van der Waals surface area contributed by atoms with Gasteiger partial charge in [-0.05, 0) is 43.5 Å². The second kappa shape index (κ2) is 7.57. The third-order valence-electron chi connectivity index (χ3n) is 6.10. The van der Waals surface area contributed by atoms with Crippen LogP contribution in [0.2, 0.25) is 5.02 Å². The Hall–Kier alpha value is -1.59. The molecule has 2 fully saturated rings. The number of aliphatic hydroxyl groups excluding tert-OH is 1. The topological polar surface area (TPSA) is 69.6 Å². The summed E-state index contributed by atoms with van der Waals surface area (Å²) < 4.78 is 0. The van der Waals surface area contributed by atoms with Gasteiger partial charge >= 0.3 is 0 Å². The van der Waals surface area contributed by atoms with Crippen LogP contribution in [0.4, 0.5) is 0 Å². The molecule has 26 heavy (non-hydrogen) atoms. The number of fused-ring (bicyclic) bond motifs is 1. The summed E-state index contributed by atoms with van der Waals surface area (Å²) in [4.78, 5) is 26.6. The van der Waals surface area contributed by atoms with Gasteiger partial charge in [0, 0.05) is 35.5 Å². The second-order valence-corrected chi connectivity index (χ2v) is 8.26. The van der Waals surface area contributed by atoms with Crippen LogP contribution in [0.3, 0.4) is 0 Å². The maximum Gasteiger partial charge on any atom is 0.251 e. The summed E-state index contributed by atoms with van der Waals surface area (Å²) in [5.74, 6) is -0.165. The number of rotatable bonds is 3. The number of amides is 2. The molecule has 1 aliphatic carbocycles. The van der Waals surface area contributed by atoms with E-state index in [1.54, 1.807) is 31.2 Å². The summed E-state index contributed by atoms with van der Waals surface area (Å²) in [6, 6.07) is 6.68. The van der Waals surface area contributed by atoms with Crippen LogP contribution >= 0.6 is 11.6 Å². The Kier molecular flexibility index (Phi) is 5.58. The fourth-order valence-electron chi connectivity index (χ4n) is 4.71. The second-order valence-electron chi connectivity index (χ2n) is 7.82. The third-order valence-corrected chi connectivity index (χ3v) is 6.35. The lowest BCUT2D eigenvalue weighted by atomic mass is 9.75. The van der Waals surface area contributed by atoms with Gasteiger partial charge in [-0.3, -0.25) is 9.59 Å². The van der Waals surface area contributed by atoms with Crippen molar-refractivity contribution in [2.24, 2.45) is 5.41 Å². The van der Waals surface area contributed by atoms with Gasteiger partial charge in [0.25, 0.3) is 5.91 Å². The lowest BCUT2D eigenvalue weighted by Crippen LogP contribution is -2.48. The highest BCUT2D eigenvalue weighted by molar-refractivity contribution is 6.30. The van der Waals surface area contributed by atoms with Gasteiger partial charge < -0.3 is 15.3 Å². The number of nitrogens with zero attached hydrogens (tertiary/aromatic N) is 1. The van der Waals surface area contributed by atoms with Crippen molar-refractivity contribution in [1.82, 2.24) is 10.2 Å². The monoisotopic (exact) mass is 378 g/mol. The zero-order chi connectivity index (χ0) is 18.9. The maximum atomic E-state index is 12.4. The number of likely N-dealkylation sites (tertiary alicyclic amines) is 1. The van der Waals surface area contributed by atoms with Crippen LogP contribution in [0.15, 0.2) is 24.3 Å². The molecular formula is C20H27ClN2O3. The predicted molar refractivity (Wildman–Crippen MR) is 101 cm³/mol. The van der Waals surface area contributed by atoms with E-state index in [1.165, 1.54) is 0 Å². The molecule has 5 nitrogen and oxygen atoms in total. The first-order chi connectivity index (χ1) is 12.3. The van der Waals surface area contributed by atoms with Crippen LogP contribution in [-0.2, 0) is 4.79 Å². The van der Waals surface area contributed by atoms with E-state index in [0.717, 1.165) is 25.7 Å². The van der Waals surface area contributed by atoms with Crippen LogP contribution < -0.4 is 5.32 Å². The Bertz CT molecular complexity index is 678. The maximum absolute atomic E-state index is 12.4. The molecule has 2 aliphatic rings. The summed E-state index contributed by atoms with van der Waals surface area (Å²) in [7, 11) is 0. The molecule has 1 aromatic rings. The highest BCUT2D eigenvalue weighted by atomic mass is 35.5. The van der Waals surface area contributed by atoms with E-state index >= 15 is 0 Å². The number of aliphatic hydroxyl groups is 1. The van der Waals surface area contributed by atoms with E-state index in [-0.39, 0.29) is 29.3 Å². The Morgan fingerprint density at radius 1 is 1.27 bits per heavy atom. The van der Waals surface area contributed by atoms with Gasteiger partial charge in [-0.1, -0.05) is 31.4 Å². The molecule has 6 heteroatoms. The molecule has 0 radical (unpaired) electrons. The fraction of sp³-hybridized carbons (Fsp3) is 0.600. The van der Waals surface area contributed by atoms with Gasteiger partial charge in [0.1, 0.15) is 0 Å². The average molecular weight is 379 g/mol. The molecule has 142 valence electrons. The highest BCUT2D eigenvalue weighted by Gasteiger charge is 2.54. The van der Waals surface area contributed by atoms with Crippen molar-refractivity contribution in [1.29, 1.82) is 0 Å². The summed E-state index contributed by atoms with van der Waals surface area (Å²) in [5, 5.41) is 14.2. The van der Waals surface area contributed by atoms with Crippen LogP contribution in [0.5, 0.6) is 0 Å². The van der Waals surface area contributed by atoms with E-state index < -0.39 is 6.10 Å². The zero-order valence-corrected chi connectivity index (χ0v) is 16.1. The Morgan fingerprint density at radius 2 is 1.92 bits per heavy atom. The van der Waals surface area contributed by atoms with E-state index in [9.17, 15) is 14.7 Å². The van der Waals surface area contributed by atoms with E-state index in [2.05, 4.69) is 12.2 Å². The Morgan fingerprint density at radius 3 is 2.58 bits per heavy atom. The normalized spacial score (nSPS) is 31.2. The van der Waals surface area contributed by atoms with E-state index in [0.29, 0.717) is 23.6 Å². The smallest absolute Gasteiger partial charge is 0.251 e. The van der Waals surface area contributed by atoms with Crippen molar-refractivity contribution < 1.29 is 14.7 Å². The third kappa shape index (κ3) is 3.60. The quantitative estimate of drug-likeness (QED) is 0.849. The highest BCUT2D eigenvalue weighted by Crippen LogP contribution is 2.48. The lowest BCUT2D eigenvalue weighted by Gasteiger charge is -2.37. The molecule has 1 saturated carbocycles. The number of nitrogens with one attached hydrogen (secondary N) is 1. The molecule has 0 spiro atoms. The molecule has 3 rings (SSSR count). The molecule has 1 aromatic carbocycles. The van der Waals surface area contributed by atoms with Crippen molar-refractivity contribution in [3.05, 3.63) is 34.9 Å². The van der Waals surface area contributed by atoms with E-state index in [1.807, 2.05) is 4.90 Å². The van der Waals surface area contributed by atoms with Crippen LogP contribution in [0.1, 0.15) is 56.3 Å². The average Bonchev–Trinajstić information content (AvgIpc) is 2.82. The number of carbonyl (C=O) groups excluding carboxylic acids is 2. The molecule has 0 aromatic heterocycles. The first-order valence-electron chi connectivity index (χ1n) is 9.33. The van der Waals surface area contributed by atoms with Crippen molar-refractivity contribution in [3.63, 3.8) is 0 Å².